The maximum atomic E-state index is 12.2. The number of methoxy groups -OCH3 is 1. The van der Waals surface area contributed by atoms with Crippen molar-refractivity contribution >= 4 is 12.0 Å². The number of ether oxygens (including phenoxy) is 1. The molecular weight excluding hydrogens is 286 g/mol. The molecule has 0 saturated carbocycles. The van der Waals surface area contributed by atoms with Gasteiger partial charge in [0.2, 0.25) is 5.91 Å². The Bertz CT molecular complexity index is 721. The van der Waals surface area contributed by atoms with E-state index in [1.54, 1.807) is 13.2 Å². The van der Waals surface area contributed by atoms with Crippen LogP contribution in [0.4, 0.5) is 0 Å². The van der Waals surface area contributed by atoms with E-state index in [0.717, 1.165) is 30.6 Å². The zero-order valence-corrected chi connectivity index (χ0v) is 13.3. The lowest BCUT2D eigenvalue weighted by atomic mass is 9.88. The second kappa shape index (κ2) is 7.14. The van der Waals surface area contributed by atoms with Gasteiger partial charge in [0.1, 0.15) is 5.75 Å². The number of nitrogens with one attached hydrogen (secondary N) is 1. The first kappa shape index (κ1) is 15.3. The van der Waals surface area contributed by atoms with Gasteiger partial charge in [-0.15, -0.1) is 0 Å². The Morgan fingerprint density at radius 1 is 1.22 bits per heavy atom. The molecule has 1 unspecified atom stereocenters. The van der Waals surface area contributed by atoms with Gasteiger partial charge in [-0.1, -0.05) is 36.4 Å². The molecule has 0 saturated heterocycles. The summed E-state index contributed by atoms with van der Waals surface area (Å²) in [5.41, 5.74) is 3.55. The lowest BCUT2D eigenvalue weighted by molar-refractivity contribution is -0.117. The standard InChI is InChI=1S/C20H21NO2/c1-23-17-9-4-6-15(14-17)12-13-20(22)21-19-11-5-8-16-7-2-3-10-18(16)19/h2-4,6-7,9-10,12-14,19H,5,8,11H2,1H3,(H,21,22)/b13-12+. The minimum Gasteiger partial charge on any atom is -0.497 e. The van der Waals surface area contributed by atoms with Crippen LogP contribution in [0.15, 0.2) is 54.6 Å². The fourth-order valence-corrected chi connectivity index (χ4v) is 3.04. The molecule has 1 aliphatic carbocycles. The molecule has 3 heteroatoms. The molecule has 0 fully saturated rings. The summed E-state index contributed by atoms with van der Waals surface area (Å²) in [5.74, 6) is 0.725. The number of rotatable bonds is 4. The molecule has 2 aromatic rings. The van der Waals surface area contributed by atoms with Crippen molar-refractivity contribution in [3.8, 4) is 5.75 Å². The fourth-order valence-electron chi connectivity index (χ4n) is 3.04. The van der Waals surface area contributed by atoms with Crippen LogP contribution in [-0.4, -0.2) is 13.0 Å². The molecule has 1 atom stereocenters. The van der Waals surface area contributed by atoms with E-state index in [1.165, 1.54) is 11.1 Å². The van der Waals surface area contributed by atoms with Crippen LogP contribution in [0.1, 0.15) is 35.6 Å². The van der Waals surface area contributed by atoms with Crippen LogP contribution >= 0.6 is 0 Å². The molecule has 23 heavy (non-hydrogen) atoms. The van der Waals surface area contributed by atoms with Crippen molar-refractivity contribution in [3.05, 3.63) is 71.3 Å². The number of hydrogen-bond donors (Lipinski definition) is 1. The summed E-state index contributed by atoms with van der Waals surface area (Å²) in [7, 11) is 1.63. The van der Waals surface area contributed by atoms with Crippen LogP contribution in [-0.2, 0) is 11.2 Å². The minimum atomic E-state index is -0.0606. The van der Waals surface area contributed by atoms with Gasteiger partial charge in [-0.25, -0.2) is 0 Å². The first-order valence-electron chi connectivity index (χ1n) is 7.97. The highest BCUT2D eigenvalue weighted by Crippen LogP contribution is 2.29. The highest BCUT2D eigenvalue weighted by atomic mass is 16.5. The van der Waals surface area contributed by atoms with E-state index in [0.29, 0.717) is 0 Å². The molecule has 3 rings (SSSR count). The molecule has 0 spiro atoms. The summed E-state index contributed by atoms with van der Waals surface area (Å²) in [6, 6.07) is 16.1. The highest BCUT2D eigenvalue weighted by Gasteiger charge is 2.20. The Kier molecular flexibility index (Phi) is 4.77. The van der Waals surface area contributed by atoms with Crippen molar-refractivity contribution in [3.63, 3.8) is 0 Å². The quantitative estimate of drug-likeness (QED) is 0.870. The predicted molar refractivity (Wildman–Crippen MR) is 92.3 cm³/mol. The Morgan fingerprint density at radius 2 is 2.09 bits per heavy atom. The van der Waals surface area contributed by atoms with Crippen molar-refractivity contribution in [1.29, 1.82) is 0 Å². The Labute approximate surface area is 137 Å². The third-order valence-electron chi connectivity index (χ3n) is 4.21. The third kappa shape index (κ3) is 3.81. The Balaban J connectivity index is 1.67. The van der Waals surface area contributed by atoms with E-state index in [1.807, 2.05) is 36.4 Å². The van der Waals surface area contributed by atoms with Crippen LogP contribution in [0, 0.1) is 0 Å². The van der Waals surface area contributed by atoms with Crippen LogP contribution in [0.25, 0.3) is 6.08 Å². The van der Waals surface area contributed by atoms with Gasteiger partial charge in [-0.05, 0) is 54.2 Å². The molecule has 1 N–H and O–H groups in total. The lowest BCUT2D eigenvalue weighted by Crippen LogP contribution is -2.29. The SMILES string of the molecule is COc1cccc(/C=C/C(=O)NC2CCCc3ccccc32)c1. The zero-order chi connectivity index (χ0) is 16.1. The van der Waals surface area contributed by atoms with Crippen LogP contribution in [0.2, 0.25) is 0 Å². The normalized spacial score (nSPS) is 16.8. The van der Waals surface area contributed by atoms with E-state index >= 15 is 0 Å². The van der Waals surface area contributed by atoms with Gasteiger partial charge in [0.25, 0.3) is 0 Å². The van der Waals surface area contributed by atoms with E-state index in [2.05, 4.69) is 23.5 Å². The van der Waals surface area contributed by atoms with Gasteiger partial charge in [0.15, 0.2) is 0 Å². The number of carbonyl (C=O) groups excluding carboxylic acids is 1. The molecule has 0 aliphatic heterocycles. The van der Waals surface area contributed by atoms with E-state index in [-0.39, 0.29) is 11.9 Å². The maximum Gasteiger partial charge on any atom is 0.244 e. The van der Waals surface area contributed by atoms with Crippen LogP contribution < -0.4 is 10.1 Å². The van der Waals surface area contributed by atoms with Gasteiger partial charge < -0.3 is 10.1 Å². The highest BCUT2D eigenvalue weighted by molar-refractivity contribution is 5.92. The average molecular weight is 307 g/mol. The van der Waals surface area contributed by atoms with Crippen molar-refractivity contribution in [1.82, 2.24) is 5.32 Å². The summed E-state index contributed by atoms with van der Waals surface area (Å²) in [6.07, 6.45) is 6.61. The monoisotopic (exact) mass is 307 g/mol. The predicted octanol–water partition coefficient (Wildman–Crippen LogP) is 3.90. The topological polar surface area (TPSA) is 38.3 Å². The zero-order valence-electron chi connectivity index (χ0n) is 13.3. The molecular formula is C20H21NO2. The number of hydrogen-bond acceptors (Lipinski definition) is 2. The Morgan fingerprint density at radius 3 is 2.96 bits per heavy atom. The van der Waals surface area contributed by atoms with Crippen LogP contribution in [0.3, 0.4) is 0 Å². The maximum absolute atomic E-state index is 12.2. The summed E-state index contributed by atoms with van der Waals surface area (Å²) in [5, 5.41) is 3.12. The summed E-state index contributed by atoms with van der Waals surface area (Å²) < 4.78 is 5.19. The average Bonchev–Trinajstić information content (AvgIpc) is 2.60. The number of carbonyl (C=O) groups is 1. The molecule has 118 valence electrons. The summed E-state index contributed by atoms with van der Waals surface area (Å²) in [4.78, 5) is 12.2. The number of amides is 1. The number of benzene rings is 2. The number of aryl methyl sites for hydroxylation is 1. The van der Waals surface area contributed by atoms with Crippen molar-refractivity contribution < 1.29 is 9.53 Å². The molecule has 3 nitrogen and oxygen atoms in total. The summed E-state index contributed by atoms with van der Waals surface area (Å²) >= 11 is 0. The number of fused-ring (bicyclic) bond motifs is 1. The van der Waals surface area contributed by atoms with Gasteiger partial charge >= 0.3 is 0 Å². The largest absolute Gasteiger partial charge is 0.497 e. The second-order valence-electron chi connectivity index (χ2n) is 5.76. The van der Waals surface area contributed by atoms with Crippen LogP contribution in [0.5, 0.6) is 5.75 Å². The first-order chi connectivity index (χ1) is 11.3. The summed E-state index contributed by atoms with van der Waals surface area (Å²) in [6.45, 7) is 0. The van der Waals surface area contributed by atoms with Gasteiger partial charge in [0, 0.05) is 6.08 Å². The van der Waals surface area contributed by atoms with Gasteiger partial charge in [0.05, 0.1) is 13.2 Å². The van der Waals surface area contributed by atoms with Crippen molar-refractivity contribution in [2.75, 3.05) is 7.11 Å². The second-order valence-corrected chi connectivity index (χ2v) is 5.76. The van der Waals surface area contributed by atoms with E-state index in [4.69, 9.17) is 4.74 Å². The Hall–Kier alpha value is -2.55. The van der Waals surface area contributed by atoms with Gasteiger partial charge in [-0.3, -0.25) is 4.79 Å². The van der Waals surface area contributed by atoms with E-state index < -0.39 is 0 Å². The lowest BCUT2D eigenvalue weighted by Gasteiger charge is -2.25. The third-order valence-corrected chi connectivity index (χ3v) is 4.21. The van der Waals surface area contributed by atoms with Gasteiger partial charge in [-0.2, -0.15) is 0 Å². The molecule has 1 amide bonds. The smallest absolute Gasteiger partial charge is 0.244 e. The molecule has 0 radical (unpaired) electrons. The van der Waals surface area contributed by atoms with E-state index in [9.17, 15) is 4.79 Å². The van der Waals surface area contributed by atoms with Crippen molar-refractivity contribution in [2.24, 2.45) is 0 Å². The molecule has 0 heterocycles. The molecule has 0 bridgehead atoms. The molecule has 2 aromatic carbocycles. The molecule has 1 aliphatic rings. The molecule has 0 aromatic heterocycles. The fraction of sp³-hybridized carbons (Fsp3) is 0.250. The van der Waals surface area contributed by atoms with Crippen molar-refractivity contribution in [2.45, 2.75) is 25.3 Å². The first-order valence-corrected chi connectivity index (χ1v) is 7.97. The minimum absolute atomic E-state index is 0.0606.